The Kier molecular flexibility index (Phi) is 12.5. The van der Waals surface area contributed by atoms with Crippen LogP contribution < -0.4 is 5.32 Å². The number of aromatic nitrogens is 1. The standard InChI is InChI=1S/C45H42N2O7S/c48-28-30-20-22-32(23-21-30)39-26-38(29-55-45-47-42(33-11-3-1-4-12-33)43(54-45)34-13-5-2-6-14-34)52-44(53-39)37-17-8-16-36(25-37)35-15-7-10-31(24-35)27-46-40(49)18-9-19-41(50)51/h1-8,10-17,20-25,38-39,44,48H,9,18-19,26-29H2,(H,46,49)(H,50,51)/t38-,39+,44+/m1/s1. The lowest BCUT2D eigenvalue weighted by molar-refractivity contribution is -0.245. The Morgan fingerprint density at radius 2 is 1.42 bits per heavy atom. The monoisotopic (exact) mass is 754 g/mol. The van der Waals surface area contributed by atoms with Crippen LogP contribution in [0.25, 0.3) is 33.7 Å². The molecule has 0 radical (unpaired) electrons. The van der Waals surface area contributed by atoms with Crippen molar-refractivity contribution in [2.24, 2.45) is 0 Å². The topological polar surface area (TPSA) is 131 Å². The number of benzene rings is 5. The summed E-state index contributed by atoms with van der Waals surface area (Å²) in [6.45, 7) is 0.310. The van der Waals surface area contributed by atoms with Crippen molar-refractivity contribution in [3.05, 3.63) is 156 Å². The minimum Gasteiger partial charge on any atom is -0.481 e. The number of nitrogens with zero attached hydrogens (tertiary/aromatic N) is 1. The van der Waals surface area contributed by atoms with Crippen LogP contribution in [0, 0.1) is 0 Å². The highest BCUT2D eigenvalue weighted by molar-refractivity contribution is 7.99. The summed E-state index contributed by atoms with van der Waals surface area (Å²) in [7, 11) is 0. The maximum Gasteiger partial charge on any atom is 0.303 e. The number of aliphatic hydroxyl groups is 1. The molecular weight excluding hydrogens is 713 g/mol. The van der Waals surface area contributed by atoms with Gasteiger partial charge in [0.2, 0.25) is 5.91 Å². The first-order chi connectivity index (χ1) is 26.9. The fourth-order valence-corrected chi connectivity index (χ4v) is 7.38. The van der Waals surface area contributed by atoms with Gasteiger partial charge in [0.05, 0.1) is 18.8 Å². The van der Waals surface area contributed by atoms with E-state index in [9.17, 15) is 14.7 Å². The number of ether oxygens (including phenoxy) is 2. The van der Waals surface area contributed by atoms with Gasteiger partial charge in [0, 0.05) is 48.3 Å². The predicted molar refractivity (Wildman–Crippen MR) is 212 cm³/mol. The number of carboxylic acid groups (broad SMARTS) is 1. The van der Waals surface area contributed by atoms with Crippen LogP contribution in [0.3, 0.4) is 0 Å². The van der Waals surface area contributed by atoms with Gasteiger partial charge in [0.15, 0.2) is 12.1 Å². The highest BCUT2D eigenvalue weighted by Crippen LogP contribution is 2.41. The normalized spacial score (nSPS) is 16.8. The molecule has 0 spiro atoms. The lowest BCUT2D eigenvalue weighted by Crippen LogP contribution is -2.31. The highest BCUT2D eigenvalue weighted by Gasteiger charge is 2.33. The number of hydrogen-bond acceptors (Lipinski definition) is 8. The molecule has 7 rings (SSSR count). The van der Waals surface area contributed by atoms with Crippen molar-refractivity contribution in [1.82, 2.24) is 10.3 Å². The Labute approximate surface area is 324 Å². The largest absolute Gasteiger partial charge is 0.481 e. The van der Waals surface area contributed by atoms with Gasteiger partial charge in [-0.3, -0.25) is 9.59 Å². The number of carbonyl (C=O) groups is 2. The van der Waals surface area contributed by atoms with Crippen molar-refractivity contribution in [2.45, 2.75) is 62.6 Å². The molecule has 1 aromatic heterocycles. The third kappa shape index (κ3) is 9.97. The Hall–Kier alpha value is -5.52. The number of rotatable bonds is 15. The maximum atomic E-state index is 12.3. The molecule has 280 valence electrons. The molecule has 1 aliphatic rings. The number of amides is 1. The van der Waals surface area contributed by atoms with Gasteiger partial charge in [0.1, 0.15) is 5.69 Å². The fraction of sp³-hybridized carbons (Fsp3) is 0.222. The van der Waals surface area contributed by atoms with Gasteiger partial charge in [-0.25, -0.2) is 4.98 Å². The van der Waals surface area contributed by atoms with E-state index in [2.05, 4.69) is 11.4 Å². The van der Waals surface area contributed by atoms with Gasteiger partial charge in [-0.2, -0.15) is 0 Å². The molecule has 1 aliphatic heterocycles. The summed E-state index contributed by atoms with van der Waals surface area (Å²) in [6.07, 6.45) is -0.0581. The third-order valence-electron chi connectivity index (χ3n) is 9.40. The summed E-state index contributed by atoms with van der Waals surface area (Å²) in [4.78, 5) is 28.0. The summed E-state index contributed by atoms with van der Waals surface area (Å²) in [6, 6.07) is 44.0. The van der Waals surface area contributed by atoms with Gasteiger partial charge in [-0.1, -0.05) is 133 Å². The minimum absolute atomic E-state index is 0.0314. The summed E-state index contributed by atoms with van der Waals surface area (Å²) in [5, 5.41) is 22.0. The zero-order valence-corrected chi connectivity index (χ0v) is 31.0. The fourth-order valence-electron chi connectivity index (χ4n) is 6.54. The molecular formula is C45H42N2O7S. The van der Waals surface area contributed by atoms with Crippen molar-refractivity contribution in [1.29, 1.82) is 0 Å². The van der Waals surface area contributed by atoms with Gasteiger partial charge in [-0.05, 0) is 46.4 Å². The molecule has 0 bridgehead atoms. The maximum absolute atomic E-state index is 12.3. The number of carboxylic acids is 1. The molecule has 6 aromatic rings. The second-order valence-corrected chi connectivity index (χ2v) is 14.4. The Morgan fingerprint density at radius 3 is 2.15 bits per heavy atom. The highest BCUT2D eigenvalue weighted by atomic mass is 32.2. The predicted octanol–water partition coefficient (Wildman–Crippen LogP) is 9.38. The smallest absolute Gasteiger partial charge is 0.303 e. The Morgan fingerprint density at radius 1 is 0.727 bits per heavy atom. The van der Waals surface area contributed by atoms with E-state index in [4.69, 9.17) is 24.0 Å². The third-order valence-corrected chi connectivity index (χ3v) is 10.4. The molecule has 1 saturated heterocycles. The van der Waals surface area contributed by atoms with E-state index in [1.54, 1.807) is 0 Å². The van der Waals surface area contributed by atoms with E-state index in [0.29, 0.717) is 30.4 Å². The number of hydrogen-bond donors (Lipinski definition) is 3. The van der Waals surface area contributed by atoms with Crippen molar-refractivity contribution < 1.29 is 33.7 Å². The zero-order valence-electron chi connectivity index (χ0n) is 30.2. The first kappa shape index (κ1) is 37.8. The van der Waals surface area contributed by atoms with E-state index in [-0.39, 0.29) is 37.6 Å². The summed E-state index contributed by atoms with van der Waals surface area (Å²) < 4.78 is 19.8. The average Bonchev–Trinajstić information content (AvgIpc) is 3.67. The van der Waals surface area contributed by atoms with E-state index >= 15 is 0 Å². The van der Waals surface area contributed by atoms with Crippen molar-refractivity contribution in [2.75, 3.05) is 5.75 Å². The second-order valence-electron chi connectivity index (χ2n) is 13.4. The quantitative estimate of drug-likeness (QED) is 0.0878. The molecule has 2 heterocycles. The van der Waals surface area contributed by atoms with E-state index < -0.39 is 12.3 Å². The molecule has 0 aliphatic carbocycles. The van der Waals surface area contributed by atoms with Crippen LogP contribution in [-0.2, 0) is 32.2 Å². The zero-order chi connectivity index (χ0) is 38.0. The number of oxazole rings is 1. The lowest BCUT2D eigenvalue weighted by atomic mass is 9.99. The minimum atomic E-state index is -0.908. The van der Waals surface area contributed by atoms with Crippen LogP contribution in [0.2, 0.25) is 0 Å². The molecule has 10 heteroatoms. The summed E-state index contributed by atoms with van der Waals surface area (Å²) >= 11 is 1.52. The molecule has 1 fully saturated rings. The lowest BCUT2D eigenvalue weighted by Gasteiger charge is -2.36. The van der Waals surface area contributed by atoms with E-state index in [0.717, 1.165) is 56.0 Å². The van der Waals surface area contributed by atoms with Crippen LogP contribution in [0.5, 0.6) is 0 Å². The molecule has 9 nitrogen and oxygen atoms in total. The van der Waals surface area contributed by atoms with Crippen molar-refractivity contribution >= 4 is 23.6 Å². The molecule has 55 heavy (non-hydrogen) atoms. The Bertz CT molecular complexity index is 2130. The van der Waals surface area contributed by atoms with Crippen LogP contribution >= 0.6 is 11.8 Å². The summed E-state index contributed by atoms with van der Waals surface area (Å²) in [5.74, 6) is 0.220. The van der Waals surface area contributed by atoms with Gasteiger partial charge in [-0.15, -0.1) is 0 Å². The number of aliphatic carboxylic acids is 1. The SMILES string of the molecule is O=C(O)CCCC(=O)NCc1cccc(-c2cccc([C@H]3O[C@@H](CSc4nc(-c5ccccc5)c(-c5ccccc5)o4)C[C@@H](c4ccc(CO)cc4)O3)c2)c1. The van der Waals surface area contributed by atoms with Crippen molar-refractivity contribution in [3.63, 3.8) is 0 Å². The first-order valence-electron chi connectivity index (χ1n) is 18.3. The van der Waals surface area contributed by atoms with Gasteiger partial charge >= 0.3 is 5.97 Å². The number of thioether (sulfide) groups is 1. The molecule has 1 amide bonds. The van der Waals surface area contributed by atoms with Gasteiger partial charge in [0.25, 0.3) is 5.22 Å². The van der Waals surface area contributed by atoms with Crippen LogP contribution in [0.4, 0.5) is 0 Å². The van der Waals surface area contributed by atoms with Crippen molar-refractivity contribution in [3.8, 4) is 33.7 Å². The molecule has 3 N–H and O–H groups in total. The second kappa shape index (κ2) is 18.2. The molecule has 5 aromatic carbocycles. The average molecular weight is 755 g/mol. The van der Waals surface area contributed by atoms with Crippen LogP contribution in [-0.4, -0.2) is 38.9 Å². The molecule has 0 unspecified atom stereocenters. The number of nitrogens with one attached hydrogen (secondary N) is 1. The van der Waals surface area contributed by atoms with Gasteiger partial charge < -0.3 is 29.4 Å². The Balaban J connectivity index is 1.10. The molecule has 3 atom stereocenters. The van der Waals surface area contributed by atoms with E-state index in [1.807, 2.05) is 127 Å². The van der Waals surface area contributed by atoms with Crippen LogP contribution in [0.1, 0.15) is 60.3 Å². The first-order valence-corrected chi connectivity index (χ1v) is 19.3. The molecule has 0 saturated carbocycles. The summed E-state index contributed by atoms with van der Waals surface area (Å²) in [5.41, 5.74) is 8.32. The number of aliphatic hydroxyl groups excluding tert-OH is 1. The van der Waals surface area contributed by atoms with E-state index in [1.165, 1.54) is 11.8 Å². The number of carbonyl (C=O) groups excluding carboxylic acids is 1. The van der Waals surface area contributed by atoms with Crippen LogP contribution in [0.15, 0.2) is 143 Å².